The van der Waals surface area contributed by atoms with E-state index in [4.69, 9.17) is 14.6 Å². The quantitative estimate of drug-likeness (QED) is 0.293. The van der Waals surface area contributed by atoms with E-state index in [1.54, 1.807) is 13.0 Å². The Kier molecular flexibility index (Phi) is 12.2. The summed E-state index contributed by atoms with van der Waals surface area (Å²) in [5.41, 5.74) is 4.35. The molecule has 0 unspecified atom stereocenters. The fourth-order valence-electron chi connectivity index (χ4n) is 5.73. The highest BCUT2D eigenvalue weighted by Crippen LogP contribution is 2.32. The van der Waals surface area contributed by atoms with E-state index in [0.29, 0.717) is 18.1 Å². The number of nitrogens with zero attached hydrogens (tertiary/aromatic N) is 4. The van der Waals surface area contributed by atoms with Crippen LogP contribution >= 0.6 is 0 Å². The summed E-state index contributed by atoms with van der Waals surface area (Å²) in [4.78, 5) is 29.9. The number of esters is 1. The van der Waals surface area contributed by atoms with Gasteiger partial charge in [0.15, 0.2) is 5.58 Å². The van der Waals surface area contributed by atoms with Crippen molar-refractivity contribution in [2.24, 2.45) is 0 Å². The average molecular weight is 607 g/mol. The molecule has 10 heteroatoms. The van der Waals surface area contributed by atoms with E-state index >= 15 is 0 Å². The second kappa shape index (κ2) is 16.3. The molecule has 2 aromatic heterocycles. The lowest BCUT2D eigenvalue weighted by molar-refractivity contribution is -0.140. The summed E-state index contributed by atoms with van der Waals surface area (Å²) in [5.74, 6) is 0.763. The molecule has 236 valence electrons. The summed E-state index contributed by atoms with van der Waals surface area (Å²) >= 11 is 0. The number of carbonyl (C=O) groups is 1. The SMILES string of the molecule is CCOC(C)=O.Cc1nc2n(c(=O)c1CCN1CCC(c3noc4cc(F)ccc34)CC1)CCCC2.OCc1ccccc1. The van der Waals surface area contributed by atoms with Gasteiger partial charge in [0, 0.05) is 55.1 Å². The summed E-state index contributed by atoms with van der Waals surface area (Å²) in [7, 11) is 0. The van der Waals surface area contributed by atoms with Gasteiger partial charge in [-0.25, -0.2) is 9.37 Å². The fourth-order valence-corrected chi connectivity index (χ4v) is 5.73. The summed E-state index contributed by atoms with van der Waals surface area (Å²) in [6.07, 6.45) is 5.81. The topological polar surface area (TPSA) is 111 Å². The first kappa shape index (κ1) is 33.0. The number of hydrogen-bond acceptors (Lipinski definition) is 8. The number of aromatic nitrogens is 3. The fraction of sp³-hybridized carbons (Fsp3) is 0.471. The molecular formula is C34H43FN4O5. The lowest BCUT2D eigenvalue weighted by Crippen LogP contribution is -2.37. The molecule has 9 nitrogen and oxygen atoms in total. The Morgan fingerprint density at radius 1 is 1.11 bits per heavy atom. The molecule has 4 heterocycles. The summed E-state index contributed by atoms with van der Waals surface area (Å²) in [6.45, 7) is 9.35. The number of halogens is 1. The number of piperidine rings is 1. The summed E-state index contributed by atoms with van der Waals surface area (Å²) < 4.78 is 25.0. The van der Waals surface area contributed by atoms with Crippen molar-refractivity contribution in [3.63, 3.8) is 0 Å². The monoisotopic (exact) mass is 606 g/mol. The Morgan fingerprint density at radius 2 is 1.86 bits per heavy atom. The molecule has 0 spiro atoms. The number of fused-ring (bicyclic) bond motifs is 2. The number of rotatable bonds is 6. The van der Waals surface area contributed by atoms with Crippen LogP contribution in [0.4, 0.5) is 4.39 Å². The lowest BCUT2D eigenvalue weighted by atomic mass is 9.91. The van der Waals surface area contributed by atoms with Gasteiger partial charge < -0.3 is 19.3 Å². The van der Waals surface area contributed by atoms with Crippen LogP contribution in [0.2, 0.25) is 0 Å². The molecule has 44 heavy (non-hydrogen) atoms. The van der Waals surface area contributed by atoms with Crippen molar-refractivity contribution in [2.45, 2.75) is 78.4 Å². The van der Waals surface area contributed by atoms with Crippen LogP contribution in [0.1, 0.15) is 73.8 Å². The number of aliphatic hydroxyl groups excluding tert-OH is 1. The molecule has 1 saturated heterocycles. The van der Waals surface area contributed by atoms with Crippen molar-refractivity contribution in [2.75, 3.05) is 26.2 Å². The van der Waals surface area contributed by atoms with Crippen LogP contribution in [0.15, 0.2) is 57.8 Å². The molecular weight excluding hydrogens is 563 g/mol. The van der Waals surface area contributed by atoms with Crippen molar-refractivity contribution < 1.29 is 23.6 Å². The molecule has 1 fully saturated rings. The van der Waals surface area contributed by atoms with E-state index in [2.05, 4.69) is 14.8 Å². The zero-order chi connectivity index (χ0) is 31.5. The molecule has 2 aromatic carbocycles. The van der Waals surface area contributed by atoms with Gasteiger partial charge in [0.2, 0.25) is 0 Å². The lowest BCUT2D eigenvalue weighted by Gasteiger charge is -2.31. The second-order valence-electron chi connectivity index (χ2n) is 11.1. The van der Waals surface area contributed by atoms with Crippen LogP contribution in [-0.4, -0.2) is 56.9 Å². The third-order valence-electron chi connectivity index (χ3n) is 8.07. The van der Waals surface area contributed by atoms with Crippen molar-refractivity contribution >= 4 is 16.9 Å². The summed E-state index contributed by atoms with van der Waals surface area (Å²) in [6, 6.07) is 14.2. The smallest absolute Gasteiger partial charge is 0.302 e. The van der Waals surface area contributed by atoms with Crippen LogP contribution in [0.5, 0.6) is 0 Å². The minimum Gasteiger partial charge on any atom is -0.466 e. The van der Waals surface area contributed by atoms with Crippen LogP contribution in [0.25, 0.3) is 11.0 Å². The molecule has 2 aliphatic rings. The van der Waals surface area contributed by atoms with Crippen LogP contribution in [-0.2, 0) is 35.5 Å². The zero-order valence-corrected chi connectivity index (χ0v) is 25.9. The standard InChI is InChI=1S/C23H27FN4O2.C7H8O.C4H8O2/c1-15-18(23(29)28-10-3-2-4-21(28)25-15)9-13-27-11-7-16(8-12-27)22-19-6-5-17(24)14-20(19)30-26-22;8-6-7-4-2-1-3-5-7;1-3-6-4(2)5/h5-6,14,16H,2-4,7-13H2,1H3;1-5,8H,6H2;3H2,1-2H3. The Labute approximate surface area is 257 Å². The number of aliphatic hydroxyl groups is 1. The predicted octanol–water partition coefficient (Wildman–Crippen LogP) is 5.34. The molecule has 0 atom stereocenters. The maximum Gasteiger partial charge on any atom is 0.302 e. The maximum atomic E-state index is 13.4. The van der Waals surface area contributed by atoms with Crippen LogP contribution in [0, 0.1) is 12.7 Å². The van der Waals surface area contributed by atoms with Gasteiger partial charge in [0.25, 0.3) is 5.56 Å². The van der Waals surface area contributed by atoms with Crippen molar-refractivity contribution in [3.05, 3.63) is 93.0 Å². The van der Waals surface area contributed by atoms with E-state index < -0.39 is 0 Å². The highest BCUT2D eigenvalue weighted by Gasteiger charge is 2.26. The van der Waals surface area contributed by atoms with Crippen molar-refractivity contribution in [3.8, 4) is 0 Å². The van der Waals surface area contributed by atoms with Gasteiger partial charge in [-0.3, -0.25) is 14.2 Å². The first-order valence-electron chi connectivity index (χ1n) is 15.4. The predicted molar refractivity (Wildman–Crippen MR) is 167 cm³/mol. The molecule has 2 aliphatic heterocycles. The number of likely N-dealkylation sites (tertiary alicyclic amines) is 1. The van der Waals surface area contributed by atoms with E-state index in [0.717, 1.165) is 98.4 Å². The van der Waals surface area contributed by atoms with Gasteiger partial charge in [0.1, 0.15) is 11.6 Å². The molecule has 1 N–H and O–H groups in total. The third kappa shape index (κ3) is 8.83. The molecule has 0 bridgehead atoms. The first-order valence-corrected chi connectivity index (χ1v) is 15.4. The van der Waals surface area contributed by atoms with Gasteiger partial charge in [-0.05, 0) is 76.7 Å². The largest absolute Gasteiger partial charge is 0.466 e. The number of aryl methyl sites for hydroxylation is 2. The Morgan fingerprint density at radius 3 is 2.50 bits per heavy atom. The van der Waals surface area contributed by atoms with E-state index in [-0.39, 0.29) is 24.0 Å². The minimum atomic E-state index is -0.303. The minimum absolute atomic E-state index is 0.140. The summed E-state index contributed by atoms with van der Waals surface area (Å²) in [5, 5.41) is 13.7. The van der Waals surface area contributed by atoms with Gasteiger partial charge in [0.05, 0.1) is 18.9 Å². The van der Waals surface area contributed by atoms with E-state index in [9.17, 15) is 14.0 Å². The zero-order valence-electron chi connectivity index (χ0n) is 25.9. The molecule has 0 aliphatic carbocycles. The molecule has 0 saturated carbocycles. The highest BCUT2D eigenvalue weighted by molar-refractivity contribution is 5.79. The van der Waals surface area contributed by atoms with Gasteiger partial charge in [-0.15, -0.1) is 0 Å². The average Bonchev–Trinajstić information content (AvgIpc) is 3.45. The van der Waals surface area contributed by atoms with Gasteiger partial charge >= 0.3 is 5.97 Å². The van der Waals surface area contributed by atoms with E-state index in [1.807, 2.05) is 41.8 Å². The van der Waals surface area contributed by atoms with Crippen LogP contribution < -0.4 is 5.56 Å². The third-order valence-corrected chi connectivity index (χ3v) is 8.07. The van der Waals surface area contributed by atoms with Crippen molar-refractivity contribution in [1.29, 1.82) is 0 Å². The number of carbonyl (C=O) groups excluding carboxylic acids is 1. The number of hydrogen-bond donors (Lipinski definition) is 1. The number of ether oxygens (including phenoxy) is 1. The molecule has 0 radical (unpaired) electrons. The highest BCUT2D eigenvalue weighted by atomic mass is 19.1. The molecule has 0 amide bonds. The Balaban J connectivity index is 0.000000262. The Bertz CT molecular complexity index is 1560. The Hall–Kier alpha value is -3.89. The van der Waals surface area contributed by atoms with Gasteiger partial charge in [-0.2, -0.15) is 0 Å². The van der Waals surface area contributed by atoms with Crippen LogP contribution in [0.3, 0.4) is 0 Å². The maximum absolute atomic E-state index is 13.4. The second-order valence-corrected chi connectivity index (χ2v) is 11.1. The molecule has 6 rings (SSSR count). The van der Waals surface area contributed by atoms with E-state index in [1.165, 1.54) is 19.1 Å². The normalized spacial score (nSPS) is 15.0. The number of benzene rings is 2. The first-order chi connectivity index (χ1) is 21.3. The van der Waals surface area contributed by atoms with Gasteiger partial charge in [-0.1, -0.05) is 35.5 Å². The van der Waals surface area contributed by atoms with Crippen molar-refractivity contribution in [1.82, 2.24) is 19.6 Å². The molecule has 4 aromatic rings.